The van der Waals surface area contributed by atoms with Crippen molar-refractivity contribution in [3.63, 3.8) is 0 Å². The van der Waals surface area contributed by atoms with Crippen LogP contribution < -0.4 is 9.46 Å². The van der Waals surface area contributed by atoms with Gasteiger partial charge in [-0.2, -0.15) is 4.98 Å². The number of amides is 2. The molecule has 1 fully saturated rings. The number of hydrogen-bond donors (Lipinski definition) is 1. The van der Waals surface area contributed by atoms with Gasteiger partial charge < -0.3 is 24.0 Å². The van der Waals surface area contributed by atoms with Gasteiger partial charge in [-0.3, -0.25) is 4.79 Å². The van der Waals surface area contributed by atoms with Crippen LogP contribution in [0.1, 0.15) is 69.4 Å². The maximum Gasteiger partial charge on any atom is 0.410 e. The molecule has 49 heavy (non-hydrogen) atoms. The van der Waals surface area contributed by atoms with Crippen LogP contribution in [-0.2, 0) is 19.5 Å². The molecule has 3 aromatic rings. The lowest BCUT2D eigenvalue weighted by Crippen LogP contribution is -2.54. The number of benzene rings is 2. The average Bonchev–Trinajstić information content (AvgIpc) is 3.00. The number of hydrogen-bond acceptors (Lipinski definition) is 9. The highest BCUT2D eigenvalue weighted by Gasteiger charge is 2.36. The Morgan fingerprint density at radius 1 is 1.02 bits per heavy atom. The topological polar surface area (TPSA) is 140 Å². The molecule has 1 N–H and O–H groups in total. The van der Waals surface area contributed by atoms with E-state index >= 15 is 0 Å². The molecule has 1 aromatic heterocycles. The number of morpholine rings is 1. The van der Waals surface area contributed by atoms with E-state index in [0.717, 1.165) is 16.7 Å². The predicted molar refractivity (Wildman–Crippen MR) is 186 cm³/mol. The van der Waals surface area contributed by atoms with Crippen molar-refractivity contribution in [1.29, 1.82) is 0 Å². The van der Waals surface area contributed by atoms with Crippen LogP contribution in [0.5, 0.6) is 5.88 Å². The second-order valence-electron chi connectivity index (χ2n) is 14.9. The minimum atomic E-state index is -4.20. The number of carbonyl (C=O) groups is 2. The lowest BCUT2D eigenvalue weighted by atomic mass is 9.87. The van der Waals surface area contributed by atoms with Crippen LogP contribution in [0.2, 0.25) is 0 Å². The lowest BCUT2D eigenvalue weighted by Gasteiger charge is -2.40. The summed E-state index contributed by atoms with van der Waals surface area (Å²) >= 11 is 0. The second-order valence-corrected chi connectivity index (χ2v) is 16.6. The number of anilines is 1. The molecule has 1 unspecified atom stereocenters. The SMILES string of the molecule is Cc1cccc(C)c1-c1cc2nc(n1)NS(=O)(=O)c1cccc(c1)C(=O)N(CC1CN(C(=O)OC(C)(C)C)CCO1)[C@H](CC(C)(C)C)CO2. The number of rotatable bonds is 4. The van der Waals surface area contributed by atoms with Gasteiger partial charge in [0.15, 0.2) is 0 Å². The highest BCUT2D eigenvalue weighted by atomic mass is 32.2. The third kappa shape index (κ3) is 9.07. The molecule has 5 rings (SSSR count). The van der Waals surface area contributed by atoms with Gasteiger partial charge in [-0.05, 0) is 75.8 Å². The minimum absolute atomic E-state index is 0.0561. The fourth-order valence-corrected chi connectivity index (χ4v) is 7.11. The molecule has 4 bridgehead atoms. The summed E-state index contributed by atoms with van der Waals surface area (Å²) in [7, 11) is -4.20. The Labute approximate surface area is 289 Å². The average molecular weight is 694 g/mol. The fraction of sp³-hybridized carbons (Fsp3) is 0.500. The first-order valence-electron chi connectivity index (χ1n) is 16.5. The van der Waals surface area contributed by atoms with E-state index in [2.05, 4.69) is 35.5 Å². The highest BCUT2D eigenvalue weighted by Crippen LogP contribution is 2.31. The maximum absolute atomic E-state index is 14.5. The van der Waals surface area contributed by atoms with Crippen LogP contribution in [0.25, 0.3) is 11.3 Å². The number of nitrogens with zero attached hydrogens (tertiary/aromatic N) is 4. The molecular formula is C36H47N5O7S. The minimum Gasteiger partial charge on any atom is -0.475 e. The van der Waals surface area contributed by atoms with Crippen LogP contribution in [0, 0.1) is 19.3 Å². The molecule has 2 aliphatic rings. The number of aromatic nitrogens is 2. The fourth-order valence-electron chi connectivity index (χ4n) is 6.12. The van der Waals surface area contributed by atoms with Gasteiger partial charge in [0.25, 0.3) is 15.9 Å². The van der Waals surface area contributed by atoms with E-state index in [9.17, 15) is 18.0 Å². The third-order valence-electron chi connectivity index (χ3n) is 8.22. The van der Waals surface area contributed by atoms with Crippen LogP contribution in [0.15, 0.2) is 53.4 Å². The second kappa shape index (κ2) is 13.9. The Kier molecular flexibility index (Phi) is 10.3. The van der Waals surface area contributed by atoms with Crippen LogP contribution in [-0.4, -0.2) is 90.8 Å². The van der Waals surface area contributed by atoms with E-state index in [0.29, 0.717) is 18.7 Å². The quantitative estimate of drug-likeness (QED) is 0.357. The largest absolute Gasteiger partial charge is 0.475 e. The van der Waals surface area contributed by atoms with E-state index in [4.69, 9.17) is 14.2 Å². The van der Waals surface area contributed by atoms with E-state index in [1.165, 1.54) is 18.2 Å². The van der Waals surface area contributed by atoms with E-state index in [1.54, 1.807) is 21.9 Å². The smallest absolute Gasteiger partial charge is 0.410 e. The van der Waals surface area contributed by atoms with Crippen molar-refractivity contribution in [3.05, 3.63) is 65.2 Å². The standard InChI is InChI=1S/C36H47N5O7S/c1-23-11-9-12-24(2)31(23)29-18-30-38-33(37-29)39-49(44,45)28-14-10-13-25(17-28)32(42)41(26(22-47-30)19-35(3,4)5)21-27-20-40(15-16-46-27)34(43)48-36(6,7)8/h9-14,17-18,26-27H,15-16,19-22H2,1-8H3,(H,37,38,39)/t26-,27?/m1/s1. The summed E-state index contributed by atoms with van der Waals surface area (Å²) in [5.41, 5.74) is 2.55. The molecule has 264 valence electrons. The molecule has 2 aromatic carbocycles. The number of carbonyl (C=O) groups excluding carboxylic acids is 2. The van der Waals surface area contributed by atoms with Crippen molar-refractivity contribution in [3.8, 4) is 17.1 Å². The molecule has 2 amide bonds. The van der Waals surface area contributed by atoms with Crippen LogP contribution in [0.4, 0.5) is 10.7 Å². The van der Waals surface area contributed by atoms with Crippen LogP contribution in [0.3, 0.4) is 0 Å². The summed E-state index contributed by atoms with van der Waals surface area (Å²) < 4.78 is 48.0. The van der Waals surface area contributed by atoms with Crippen molar-refractivity contribution in [2.45, 2.75) is 84.5 Å². The summed E-state index contributed by atoms with van der Waals surface area (Å²) in [5, 5.41) is 0. The maximum atomic E-state index is 14.5. The molecule has 0 saturated carbocycles. The van der Waals surface area contributed by atoms with E-state index in [1.807, 2.05) is 52.8 Å². The molecule has 2 aliphatic heterocycles. The predicted octanol–water partition coefficient (Wildman–Crippen LogP) is 5.84. The van der Waals surface area contributed by atoms with Crippen molar-refractivity contribution >= 4 is 28.0 Å². The molecule has 2 atom stereocenters. The monoisotopic (exact) mass is 693 g/mol. The lowest BCUT2D eigenvalue weighted by molar-refractivity contribution is -0.0555. The van der Waals surface area contributed by atoms with E-state index < -0.39 is 33.9 Å². The number of ether oxygens (including phenoxy) is 3. The van der Waals surface area contributed by atoms with Gasteiger partial charge in [0.1, 0.15) is 12.2 Å². The van der Waals surface area contributed by atoms with Crippen LogP contribution >= 0.6 is 0 Å². The van der Waals surface area contributed by atoms with Crippen molar-refractivity contribution in [1.82, 2.24) is 19.8 Å². The van der Waals surface area contributed by atoms with Gasteiger partial charge in [0, 0.05) is 30.3 Å². The first-order valence-corrected chi connectivity index (χ1v) is 18.0. The summed E-state index contributed by atoms with van der Waals surface area (Å²) in [4.78, 5) is 39.6. The Bertz CT molecular complexity index is 1800. The molecule has 1 saturated heterocycles. The molecule has 12 nitrogen and oxygen atoms in total. The summed E-state index contributed by atoms with van der Waals surface area (Å²) in [6.07, 6.45) is -0.436. The molecule has 0 radical (unpaired) electrons. The zero-order valence-electron chi connectivity index (χ0n) is 29.6. The summed E-state index contributed by atoms with van der Waals surface area (Å²) in [5.74, 6) is -0.373. The zero-order valence-corrected chi connectivity index (χ0v) is 30.4. The van der Waals surface area contributed by atoms with Gasteiger partial charge in [-0.1, -0.05) is 45.0 Å². The normalized spacial score (nSPS) is 19.9. The molecule has 13 heteroatoms. The molecule has 0 spiro atoms. The molecule has 3 heterocycles. The first kappa shape index (κ1) is 36.1. The van der Waals surface area contributed by atoms with Gasteiger partial charge >= 0.3 is 6.09 Å². The van der Waals surface area contributed by atoms with Gasteiger partial charge in [-0.15, -0.1) is 0 Å². The van der Waals surface area contributed by atoms with Crippen molar-refractivity contribution < 1.29 is 32.2 Å². The van der Waals surface area contributed by atoms with Crippen molar-refractivity contribution in [2.24, 2.45) is 5.41 Å². The Morgan fingerprint density at radius 3 is 2.39 bits per heavy atom. The first-order chi connectivity index (χ1) is 22.9. The number of aryl methyl sites for hydroxylation is 2. The Morgan fingerprint density at radius 2 is 1.71 bits per heavy atom. The number of nitrogens with one attached hydrogen (secondary N) is 1. The Hall–Kier alpha value is -4.23. The van der Waals surface area contributed by atoms with Gasteiger partial charge in [0.05, 0.1) is 35.9 Å². The number of fused-ring (bicyclic) bond motifs is 4. The highest BCUT2D eigenvalue weighted by molar-refractivity contribution is 7.92. The van der Waals surface area contributed by atoms with Crippen molar-refractivity contribution in [2.75, 3.05) is 37.6 Å². The molecule has 0 aliphatic carbocycles. The van der Waals surface area contributed by atoms with Gasteiger partial charge in [-0.25, -0.2) is 22.9 Å². The molecular weight excluding hydrogens is 646 g/mol. The summed E-state index contributed by atoms with van der Waals surface area (Å²) in [6.45, 7) is 16.6. The van der Waals surface area contributed by atoms with E-state index in [-0.39, 0.29) is 59.9 Å². The Balaban J connectivity index is 1.58. The number of sulfonamides is 1. The third-order valence-corrected chi connectivity index (χ3v) is 9.55. The van der Waals surface area contributed by atoms with Gasteiger partial charge in [0.2, 0.25) is 11.8 Å². The zero-order chi connectivity index (χ0) is 35.7. The summed E-state index contributed by atoms with van der Waals surface area (Å²) in [6, 6.07) is 13.0.